The SMILES string of the molecule is CC1(C(=O)O)C=C(CN2CCN(c3cc(Cl)ccc3CN)CC2)C(Br)=C(C(=O)O)C1C1CCCCC1. The standard InChI is InChI=1S/C27H35BrClN3O4/c1-27(26(35)36)14-19(24(28)22(25(33)34)23(27)17-5-3-2-4-6-17)16-31-9-11-32(12-10-31)21-13-20(29)8-7-18(21)15-30/h7-8,13-14,17,23H,2-6,9-12,15-16,30H2,1H3,(H,33,34)(H,35,36). The van der Waals surface area contributed by atoms with E-state index in [4.69, 9.17) is 17.3 Å². The van der Waals surface area contributed by atoms with Gasteiger partial charge in [-0.1, -0.05) is 43.0 Å². The first kappa shape index (κ1) is 27.2. The van der Waals surface area contributed by atoms with Crippen LogP contribution in [0.25, 0.3) is 0 Å². The van der Waals surface area contributed by atoms with Crippen LogP contribution >= 0.6 is 27.5 Å². The van der Waals surface area contributed by atoms with Gasteiger partial charge >= 0.3 is 11.9 Å². The van der Waals surface area contributed by atoms with Crippen LogP contribution in [0, 0.1) is 17.3 Å². The molecular weight excluding hydrogens is 546 g/mol. The molecule has 196 valence electrons. The summed E-state index contributed by atoms with van der Waals surface area (Å²) in [7, 11) is 0. The molecule has 2 unspecified atom stereocenters. The minimum Gasteiger partial charge on any atom is -0.481 e. The predicted molar refractivity (Wildman–Crippen MR) is 145 cm³/mol. The van der Waals surface area contributed by atoms with Gasteiger partial charge in [-0.2, -0.15) is 0 Å². The van der Waals surface area contributed by atoms with Crippen molar-refractivity contribution in [1.29, 1.82) is 0 Å². The Bertz CT molecular complexity index is 1080. The van der Waals surface area contributed by atoms with Crippen LogP contribution in [0.1, 0.15) is 44.6 Å². The van der Waals surface area contributed by atoms with Gasteiger partial charge in [-0.3, -0.25) is 9.69 Å². The average Bonchev–Trinajstić information content (AvgIpc) is 2.86. The Balaban J connectivity index is 1.56. The molecule has 2 aliphatic carbocycles. The van der Waals surface area contributed by atoms with E-state index in [0.29, 0.717) is 22.6 Å². The molecule has 0 spiro atoms. The lowest BCUT2D eigenvalue weighted by atomic mass is 9.60. The third-order valence-corrected chi connectivity index (χ3v) is 9.31. The van der Waals surface area contributed by atoms with Gasteiger partial charge in [0.25, 0.3) is 0 Å². The maximum absolute atomic E-state index is 12.6. The third-order valence-electron chi connectivity index (χ3n) is 8.14. The van der Waals surface area contributed by atoms with E-state index in [1.54, 1.807) is 6.92 Å². The monoisotopic (exact) mass is 579 g/mol. The Hall–Kier alpha value is -1.87. The molecule has 1 saturated carbocycles. The van der Waals surface area contributed by atoms with Gasteiger partial charge in [-0.15, -0.1) is 0 Å². The number of piperazine rings is 1. The normalized spacial score (nSPS) is 26.2. The summed E-state index contributed by atoms with van der Waals surface area (Å²) in [5.41, 5.74) is 7.72. The largest absolute Gasteiger partial charge is 0.481 e. The summed E-state index contributed by atoms with van der Waals surface area (Å²) in [5, 5.41) is 21.2. The fourth-order valence-electron chi connectivity index (χ4n) is 6.25. The number of rotatable bonds is 7. The van der Waals surface area contributed by atoms with Crippen LogP contribution < -0.4 is 10.6 Å². The van der Waals surface area contributed by atoms with Crippen molar-refractivity contribution >= 4 is 45.2 Å². The number of aliphatic carboxylic acids is 2. The first-order valence-corrected chi connectivity index (χ1v) is 13.9. The summed E-state index contributed by atoms with van der Waals surface area (Å²) in [6.45, 7) is 5.68. The molecule has 2 fully saturated rings. The van der Waals surface area contributed by atoms with Crippen molar-refractivity contribution in [3.05, 3.63) is 50.5 Å². The molecule has 1 saturated heterocycles. The van der Waals surface area contributed by atoms with Crippen LogP contribution in [0.4, 0.5) is 5.69 Å². The van der Waals surface area contributed by atoms with Gasteiger partial charge in [0.15, 0.2) is 0 Å². The number of nitrogens with two attached hydrogens (primary N) is 1. The van der Waals surface area contributed by atoms with E-state index >= 15 is 0 Å². The fourth-order valence-corrected chi connectivity index (χ4v) is 7.07. The minimum absolute atomic E-state index is 0.0503. The Morgan fingerprint density at radius 2 is 1.81 bits per heavy atom. The second kappa shape index (κ2) is 11.3. The number of nitrogens with zero attached hydrogens (tertiary/aromatic N) is 2. The Morgan fingerprint density at radius 3 is 2.39 bits per heavy atom. The van der Waals surface area contributed by atoms with Gasteiger partial charge in [0.1, 0.15) is 0 Å². The maximum Gasteiger partial charge on any atom is 0.333 e. The van der Waals surface area contributed by atoms with E-state index in [9.17, 15) is 19.8 Å². The van der Waals surface area contributed by atoms with Crippen molar-refractivity contribution in [2.75, 3.05) is 37.6 Å². The highest BCUT2D eigenvalue weighted by Crippen LogP contribution is 2.51. The van der Waals surface area contributed by atoms with Crippen molar-refractivity contribution in [3.8, 4) is 0 Å². The van der Waals surface area contributed by atoms with E-state index in [1.807, 2.05) is 24.3 Å². The first-order chi connectivity index (χ1) is 17.2. The van der Waals surface area contributed by atoms with Crippen LogP contribution in [-0.4, -0.2) is 59.8 Å². The Labute approximate surface area is 226 Å². The van der Waals surface area contributed by atoms with Gasteiger partial charge in [0.05, 0.1) is 11.0 Å². The van der Waals surface area contributed by atoms with E-state index in [1.165, 1.54) is 0 Å². The quantitative estimate of drug-likeness (QED) is 0.422. The molecule has 1 aliphatic heterocycles. The van der Waals surface area contributed by atoms with Crippen molar-refractivity contribution in [2.24, 2.45) is 23.0 Å². The molecule has 0 bridgehead atoms. The summed E-state index contributed by atoms with van der Waals surface area (Å²) < 4.78 is 0.548. The Morgan fingerprint density at radius 1 is 1.14 bits per heavy atom. The zero-order valence-corrected chi connectivity index (χ0v) is 23.0. The van der Waals surface area contributed by atoms with Crippen LogP contribution in [0.5, 0.6) is 0 Å². The molecule has 3 aliphatic rings. The number of anilines is 1. The van der Waals surface area contributed by atoms with Gasteiger partial charge in [0.2, 0.25) is 0 Å². The average molecular weight is 581 g/mol. The highest BCUT2D eigenvalue weighted by Gasteiger charge is 2.51. The van der Waals surface area contributed by atoms with Crippen molar-refractivity contribution < 1.29 is 19.8 Å². The number of halogens is 2. The van der Waals surface area contributed by atoms with Crippen LogP contribution in [0.2, 0.25) is 5.02 Å². The van der Waals surface area contributed by atoms with Crippen molar-refractivity contribution in [3.63, 3.8) is 0 Å². The summed E-state index contributed by atoms with van der Waals surface area (Å²) in [6, 6.07) is 5.76. The molecule has 0 aromatic heterocycles. The van der Waals surface area contributed by atoms with Gasteiger partial charge in [-0.25, -0.2) is 4.79 Å². The third kappa shape index (κ3) is 5.37. The molecule has 2 atom stereocenters. The molecular formula is C27H35BrClN3O4. The van der Waals surface area contributed by atoms with E-state index in [-0.39, 0.29) is 11.5 Å². The lowest BCUT2D eigenvalue weighted by molar-refractivity contribution is -0.149. The zero-order valence-electron chi connectivity index (χ0n) is 20.7. The molecule has 0 radical (unpaired) electrons. The lowest BCUT2D eigenvalue weighted by Crippen LogP contribution is -2.48. The van der Waals surface area contributed by atoms with E-state index in [2.05, 4.69) is 25.7 Å². The molecule has 1 aromatic rings. The number of carbonyl (C=O) groups is 2. The Kier molecular flexibility index (Phi) is 8.49. The molecule has 4 N–H and O–H groups in total. The first-order valence-electron chi connectivity index (χ1n) is 12.7. The summed E-state index contributed by atoms with van der Waals surface area (Å²) in [4.78, 5) is 29.6. The minimum atomic E-state index is -1.26. The number of carboxylic acids is 2. The highest BCUT2D eigenvalue weighted by atomic mass is 79.9. The summed E-state index contributed by atoms with van der Waals surface area (Å²) in [5.74, 6) is -2.50. The molecule has 1 heterocycles. The molecule has 36 heavy (non-hydrogen) atoms. The zero-order chi connectivity index (χ0) is 26.0. The smallest absolute Gasteiger partial charge is 0.333 e. The number of hydrogen-bond acceptors (Lipinski definition) is 5. The highest BCUT2D eigenvalue weighted by molar-refractivity contribution is 9.12. The summed E-state index contributed by atoms with van der Waals surface area (Å²) >= 11 is 9.84. The number of carboxylic acid groups (broad SMARTS) is 2. The number of benzene rings is 1. The van der Waals surface area contributed by atoms with E-state index in [0.717, 1.165) is 75.1 Å². The van der Waals surface area contributed by atoms with Gasteiger partial charge < -0.3 is 20.8 Å². The number of hydrogen-bond donors (Lipinski definition) is 3. The molecule has 7 nitrogen and oxygen atoms in total. The molecule has 1 aromatic carbocycles. The molecule has 4 rings (SSSR count). The predicted octanol–water partition coefficient (Wildman–Crippen LogP) is 4.88. The topological polar surface area (TPSA) is 107 Å². The van der Waals surface area contributed by atoms with Crippen molar-refractivity contribution in [2.45, 2.75) is 45.6 Å². The van der Waals surface area contributed by atoms with Gasteiger partial charge in [0, 0.05) is 60.4 Å². The summed E-state index contributed by atoms with van der Waals surface area (Å²) in [6.07, 6.45) is 6.70. The molecule has 0 amide bonds. The second-order valence-electron chi connectivity index (χ2n) is 10.4. The van der Waals surface area contributed by atoms with Crippen LogP contribution in [-0.2, 0) is 16.1 Å². The fraction of sp³-hybridized carbons (Fsp3) is 0.556. The lowest BCUT2D eigenvalue weighted by Gasteiger charge is -2.44. The second-order valence-corrected chi connectivity index (χ2v) is 11.6. The van der Waals surface area contributed by atoms with E-state index < -0.39 is 23.3 Å². The van der Waals surface area contributed by atoms with Crippen LogP contribution in [0.3, 0.4) is 0 Å². The molecule has 9 heteroatoms. The van der Waals surface area contributed by atoms with Crippen LogP contribution in [0.15, 0.2) is 39.9 Å². The van der Waals surface area contributed by atoms with Gasteiger partial charge in [-0.05, 0) is 64.9 Å². The van der Waals surface area contributed by atoms with Crippen molar-refractivity contribution in [1.82, 2.24) is 4.90 Å². The maximum atomic E-state index is 12.6.